The number of thiophene rings is 1. The molecule has 5 rings (SSSR count). The second-order valence-electron chi connectivity index (χ2n) is 11.6. The lowest BCUT2D eigenvalue weighted by Crippen LogP contribution is -2.25. The van der Waals surface area contributed by atoms with Gasteiger partial charge in [-0.15, -0.1) is 11.3 Å². The zero-order valence-electron chi connectivity index (χ0n) is 26.1. The standard InChI is InChI=1S/C40H44O3S/c1-5-26-40(27-6-2)35-18-12-11-15-32(35)33-16-14-17-34(39(33)40)37-25-24-36(44-37)29-20-22-31(23-21-29)42-28-13-9-10-19-38(41)43-30(7-3)8-4/h7-8,11-12,14-18,20-25,30H,3-6,9-10,13,19,26-28H2,1-2H3. The van der Waals surface area contributed by atoms with Crippen molar-refractivity contribution in [3.05, 3.63) is 115 Å². The SMILES string of the molecule is C=CC(C=C)OC(=O)CCCCCOc1ccc(-c2ccc(-c3cccc4c3C(CCC)(CCC)c3ccccc3-4)s2)cc1. The van der Waals surface area contributed by atoms with Crippen LogP contribution < -0.4 is 4.74 Å². The van der Waals surface area contributed by atoms with Gasteiger partial charge in [-0.25, -0.2) is 0 Å². The number of hydrogen-bond donors (Lipinski definition) is 0. The van der Waals surface area contributed by atoms with E-state index < -0.39 is 6.10 Å². The Morgan fingerprint density at radius 1 is 0.795 bits per heavy atom. The Kier molecular flexibility index (Phi) is 10.6. The van der Waals surface area contributed by atoms with Gasteiger partial charge in [0.15, 0.2) is 0 Å². The fourth-order valence-corrected chi connectivity index (χ4v) is 7.80. The molecule has 0 N–H and O–H groups in total. The van der Waals surface area contributed by atoms with Gasteiger partial charge in [0.05, 0.1) is 6.61 Å². The zero-order chi connectivity index (χ0) is 30.9. The molecule has 44 heavy (non-hydrogen) atoms. The number of unbranched alkanes of at least 4 members (excludes halogenated alkanes) is 2. The van der Waals surface area contributed by atoms with Gasteiger partial charge in [0.1, 0.15) is 11.9 Å². The van der Waals surface area contributed by atoms with E-state index >= 15 is 0 Å². The lowest BCUT2D eigenvalue weighted by Gasteiger charge is -2.33. The number of carbonyl (C=O) groups is 1. The van der Waals surface area contributed by atoms with Gasteiger partial charge in [0.25, 0.3) is 0 Å². The van der Waals surface area contributed by atoms with E-state index in [4.69, 9.17) is 9.47 Å². The number of esters is 1. The summed E-state index contributed by atoms with van der Waals surface area (Å²) >= 11 is 1.87. The molecular formula is C40H44O3S. The van der Waals surface area contributed by atoms with Gasteiger partial charge < -0.3 is 9.47 Å². The third-order valence-corrected chi connectivity index (χ3v) is 9.83. The smallest absolute Gasteiger partial charge is 0.306 e. The second-order valence-corrected chi connectivity index (χ2v) is 12.7. The first-order valence-corrected chi connectivity index (χ1v) is 16.9. The van der Waals surface area contributed by atoms with Crippen molar-refractivity contribution in [1.29, 1.82) is 0 Å². The van der Waals surface area contributed by atoms with Gasteiger partial charge >= 0.3 is 5.97 Å². The molecule has 4 heteroatoms. The van der Waals surface area contributed by atoms with Gasteiger partial charge in [-0.1, -0.05) is 82.3 Å². The fraction of sp³-hybridized carbons (Fsp3) is 0.325. The zero-order valence-corrected chi connectivity index (χ0v) is 27.0. The van der Waals surface area contributed by atoms with Crippen LogP contribution in [-0.4, -0.2) is 18.7 Å². The molecule has 3 nitrogen and oxygen atoms in total. The molecule has 0 fully saturated rings. The molecule has 0 radical (unpaired) electrons. The van der Waals surface area contributed by atoms with E-state index in [1.807, 2.05) is 11.3 Å². The number of hydrogen-bond acceptors (Lipinski definition) is 4. The number of carbonyl (C=O) groups excluding carboxylic acids is 1. The number of fused-ring (bicyclic) bond motifs is 3. The average Bonchev–Trinajstić information content (AvgIpc) is 3.65. The van der Waals surface area contributed by atoms with Crippen LogP contribution in [0.5, 0.6) is 5.75 Å². The normalized spacial score (nSPS) is 12.9. The van der Waals surface area contributed by atoms with Crippen LogP contribution >= 0.6 is 11.3 Å². The monoisotopic (exact) mass is 604 g/mol. The highest BCUT2D eigenvalue weighted by Crippen LogP contribution is 2.57. The second kappa shape index (κ2) is 14.7. The highest BCUT2D eigenvalue weighted by molar-refractivity contribution is 7.18. The van der Waals surface area contributed by atoms with Crippen molar-refractivity contribution < 1.29 is 14.3 Å². The molecule has 1 aliphatic rings. The van der Waals surface area contributed by atoms with Crippen LogP contribution in [0.3, 0.4) is 0 Å². The van der Waals surface area contributed by atoms with Crippen molar-refractivity contribution in [2.45, 2.75) is 76.7 Å². The summed E-state index contributed by atoms with van der Waals surface area (Å²) in [6.45, 7) is 12.5. The van der Waals surface area contributed by atoms with Crippen molar-refractivity contribution >= 4 is 17.3 Å². The molecular weight excluding hydrogens is 561 g/mol. The van der Waals surface area contributed by atoms with Crippen molar-refractivity contribution in [3.8, 4) is 37.8 Å². The van der Waals surface area contributed by atoms with Crippen molar-refractivity contribution in [2.75, 3.05) is 6.61 Å². The Bertz CT molecular complexity index is 1560. The van der Waals surface area contributed by atoms with Gasteiger partial charge in [-0.2, -0.15) is 0 Å². The molecule has 4 aromatic rings. The summed E-state index contributed by atoms with van der Waals surface area (Å²) in [5.41, 5.74) is 8.50. The van der Waals surface area contributed by atoms with E-state index in [2.05, 4.69) is 106 Å². The van der Waals surface area contributed by atoms with E-state index in [-0.39, 0.29) is 11.4 Å². The van der Waals surface area contributed by atoms with E-state index in [9.17, 15) is 4.79 Å². The minimum atomic E-state index is -0.414. The molecule has 1 aliphatic carbocycles. The maximum Gasteiger partial charge on any atom is 0.306 e. The molecule has 0 atom stereocenters. The lowest BCUT2D eigenvalue weighted by molar-refractivity contribution is -0.145. The lowest BCUT2D eigenvalue weighted by atomic mass is 9.70. The van der Waals surface area contributed by atoms with Crippen LogP contribution in [-0.2, 0) is 14.9 Å². The molecule has 3 aromatic carbocycles. The van der Waals surface area contributed by atoms with Crippen LogP contribution in [0.25, 0.3) is 32.0 Å². The van der Waals surface area contributed by atoms with Crippen LogP contribution in [0.15, 0.2) is 104 Å². The Labute approximate surface area is 267 Å². The van der Waals surface area contributed by atoms with Crippen LogP contribution in [0.1, 0.15) is 76.3 Å². The van der Waals surface area contributed by atoms with Crippen LogP contribution in [0, 0.1) is 0 Å². The summed E-state index contributed by atoms with van der Waals surface area (Å²) in [5.74, 6) is 0.651. The summed E-state index contributed by atoms with van der Waals surface area (Å²) in [7, 11) is 0. The summed E-state index contributed by atoms with van der Waals surface area (Å²) in [6, 6.07) is 29.0. The molecule has 0 saturated carbocycles. The Morgan fingerprint density at radius 2 is 1.48 bits per heavy atom. The first kappa shape index (κ1) is 31.5. The summed E-state index contributed by atoms with van der Waals surface area (Å²) < 4.78 is 11.2. The van der Waals surface area contributed by atoms with Crippen molar-refractivity contribution in [1.82, 2.24) is 0 Å². The molecule has 0 aliphatic heterocycles. The number of benzene rings is 3. The van der Waals surface area contributed by atoms with E-state index in [1.165, 1.54) is 56.0 Å². The molecule has 0 bridgehead atoms. The quantitative estimate of drug-likeness (QED) is 0.0725. The predicted octanol–water partition coefficient (Wildman–Crippen LogP) is 11.2. The molecule has 0 spiro atoms. The van der Waals surface area contributed by atoms with Gasteiger partial charge in [0, 0.05) is 21.6 Å². The van der Waals surface area contributed by atoms with Crippen LogP contribution in [0.4, 0.5) is 0 Å². The summed E-state index contributed by atoms with van der Waals surface area (Å²) in [5, 5.41) is 0. The Balaban J connectivity index is 1.24. The predicted molar refractivity (Wildman–Crippen MR) is 185 cm³/mol. The highest BCUT2D eigenvalue weighted by atomic mass is 32.1. The summed E-state index contributed by atoms with van der Waals surface area (Å²) in [4.78, 5) is 14.5. The molecule has 1 aromatic heterocycles. The first-order valence-electron chi connectivity index (χ1n) is 16.1. The largest absolute Gasteiger partial charge is 0.494 e. The topological polar surface area (TPSA) is 35.5 Å². The van der Waals surface area contributed by atoms with Gasteiger partial charge in [-0.05, 0) is 114 Å². The molecule has 0 saturated heterocycles. The van der Waals surface area contributed by atoms with Gasteiger partial charge in [0.2, 0.25) is 0 Å². The number of rotatable bonds is 16. The Morgan fingerprint density at radius 3 is 2.20 bits per heavy atom. The Hall–Kier alpha value is -3.89. The van der Waals surface area contributed by atoms with Crippen molar-refractivity contribution in [2.24, 2.45) is 0 Å². The highest BCUT2D eigenvalue weighted by Gasteiger charge is 2.43. The van der Waals surface area contributed by atoms with Gasteiger partial charge in [-0.3, -0.25) is 4.79 Å². The number of ether oxygens (including phenoxy) is 2. The molecule has 228 valence electrons. The fourth-order valence-electron chi connectivity index (χ4n) is 6.76. The van der Waals surface area contributed by atoms with Crippen molar-refractivity contribution in [3.63, 3.8) is 0 Å². The van der Waals surface area contributed by atoms with E-state index in [0.29, 0.717) is 13.0 Å². The maximum absolute atomic E-state index is 11.9. The first-order chi connectivity index (χ1) is 21.5. The van der Waals surface area contributed by atoms with Crippen LogP contribution in [0.2, 0.25) is 0 Å². The maximum atomic E-state index is 11.9. The summed E-state index contributed by atoms with van der Waals surface area (Å²) in [6.07, 6.45) is 10.3. The third kappa shape index (κ3) is 6.61. The molecule has 0 unspecified atom stereocenters. The van der Waals surface area contributed by atoms with E-state index in [0.717, 1.165) is 37.9 Å². The molecule has 1 heterocycles. The minimum absolute atomic E-state index is 0.0680. The average molecular weight is 605 g/mol. The minimum Gasteiger partial charge on any atom is -0.494 e. The van der Waals surface area contributed by atoms with E-state index in [1.54, 1.807) is 12.2 Å². The molecule has 0 amide bonds. The third-order valence-electron chi connectivity index (χ3n) is 8.67.